The molecular formula is C25H36N4O2. The van der Waals surface area contributed by atoms with E-state index in [1.807, 2.05) is 37.4 Å². The lowest BCUT2D eigenvalue weighted by atomic mass is 10.1. The van der Waals surface area contributed by atoms with Gasteiger partial charge in [0.25, 0.3) is 0 Å². The molecule has 0 aliphatic carbocycles. The highest BCUT2D eigenvalue weighted by Crippen LogP contribution is 2.31. The van der Waals surface area contributed by atoms with Crippen LogP contribution in [0, 0.1) is 11.8 Å². The average molecular weight is 425 g/mol. The Morgan fingerprint density at radius 1 is 1.13 bits per heavy atom. The Labute approximate surface area is 186 Å². The lowest BCUT2D eigenvalue weighted by Crippen LogP contribution is -2.42. The van der Waals surface area contributed by atoms with Gasteiger partial charge in [0.2, 0.25) is 0 Å². The van der Waals surface area contributed by atoms with Gasteiger partial charge in [0.1, 0.15) is 5.75 Å². The highest BCUT2D eigenvalue weighted by Gasteiger charge is 2.24. The van der Waals surface area contributed by atoms with Crippen LogP contribution in [0.4, 0.5) is 5.69 Å². The fraction of sp³-hybridized carbons (Fsp3) is 0.480. The van der Waals surface area contributed by atoms with Crippen LogP contribution < -0.4 is 20.3 Å². The van der Waals surface area contributed by atoms with Crippen molar-refractivity contribution in [1.82, 2.24) is 10.6 Å². The Morgan fingerprint density at radius 3 is 2.68 bits per heavy atom. The lowest BCUT2D eigenvalue weighted by Gasteiger charge is -2.22. The Kier molecular flexibility index (Phi) is 9.03. The second kappa shape index (κ2) is 12.2. The SMILES string of the molecule is CN=C(NCC(C)COCc1ccccc1)NCC1CCN(c2ccccc2OC)C1. The van der Waals surface area contributed by atoms with Gasteiger partial charge in [-0.05, 0) is 36.0 Å². The quantitative estimate of drug-likeness (QED) is 0.451. The number of para-hydroxylation sites is 2. The summed E-state index contributed by atoms with van der Waals surface area (Å²) in [5, 5.41) is 6.92. The number of rotatable bonds is 10. The average Bonchev–Trinajstić information content (AvgIpc) is 3.28. The van der Waals surface area contributed by atoms with E-state index in [-0.39, 0.29) is 0 Å². The lowest BCUT2D eigenvalue weighted by molar-refractivity contribution is 0.0931. The molecule has 0 aromatic heterocycles. The molecule has 31 heavy (non-hydrogen) atoms. The molecule has 1 aliphatic heterocycles. The van der Waals surface area contributed by atoms with E-state index in [0.717, 1.165) is 50.9 Å². The fourth-order valence-electron chi connectivity index (χ4n) is 3.85. The van der Waals surface area contributed by atoms with Gasteiger partial charge < -0.3 is 25.0 Å². The van der Waals surface area contributed by atoms with Crippen molar-refractivity contribution in [1.29, 1.82) is 0 Å². The third-order valence-electron chi connectivity index (χ3n) is 5.63. The highest BCUT2D eigenvalue weighted by molar-refractivity contribution is 5.79. The van der Waals surface area contributed by atoms with Crippen molar-refractivity contribution < 1.29 is 9.47 Å². The van der Waals surface area contributed by atoms with Crippen molar-refractivity contribution in [3.05, 3.63) is 60.2 Å². The van der Waals surface area contributed by atoms with Gasteiger partial charge in [-0.3, -0.25) is 4.99 Å². The van der Waals surface area contributed by atoms with Crippen LogP contribution in [-0.2, 0) is 11.3 Å². The summed E-state index contributed by atoms with van der Waals surface area (Å²) in [6.07, 6.45) is 1.16. The minimum absolute atomic E-state index is 0.398. The fourth-order valence-corrected chi connectivity index (χ4v) is 3.85. The molecule has 2 aromatic rings. The molecule has 0 spiro atoms. The minimum Gasteiger partial charge on any atom is -0.495 e. The van der Waals surface area contributed by atoms with E-state index < -0.39 is 0 Å². The Morgan fingerprint density at radius 2 is 1.90 bits per heavy atom. The predicted octanol–water partition coefficient (Wildman–Crippen LogP) is 3.54. The summed E-state index contributed by atoms with van der Waals surface area (Å²) in [7, 11) is 3.55. The molecule has 1 saturated heterocycles. The standard InChI is InChI=1S/C25H36N4O2/c1-20(18-31-19-21-9-5-4-6-10-21)15-27-25(26-2)28-16-22-13-14-29(17-22)23-11-7-8-12-24(23)30-3/h4-12,20,22H,13-19H2,1-3H3,(H2,26,27,28). The molecule has 2 atom stereocenters. The number of hydrogen-bond donors (Lipinski definition) is 2. The molecule has 6 nitrogen and oxygen atoms in total. The second-order valence-electron chi connectivity index (χ2n) is 8.21. The number of ether oxygens (including phenoxy) is 2. The predicted molar refractivity (Wildman–Crippen MR) is 128 cm³/mol. The number of hydrogen-bond acceptors (Lipinski definition) is 4. The summed E-state index contributed by atoms with van der Waals surface area (Å²) in [5.41, 5.74) is 2.39. The van der Waals surface area contributed by atoms with Crippen LogP contribution in [-0.4, -0.2) is 52.9 Å². The maximum Gasteiger partial charge on any atom is 0.190 e. The van der Waals surface area contributed by atoms with Crippen molar-refractivity contribution in [2.75, 3.05) is 51.8 Å². The van der Waals surface area contributed by atoms with Crippen LogP contribution in [0.2, 0.25) is 0 Å². The van der Waals surface area contributed by atoms with Gasteiger partial charge in [-0.1, -0.05) is 49.4 Å². The van der Waals surface area contributed by atoms with Gasteiger partial charge in [0.05, 0.1) is 26.0 Å². The molecule has 1 aliphatic rings. The summed E-state index contributed by atoms with van der Waals surface area (Å²) in [4.78, 5) is 6.78. The van der Waals surface area contributed by atoms with Crippen LogP contribution >= 0.6 is 0 Å². The number of benzene rings is 2. The van der Waals surface area contributed by atoms with E-state index in [1.165, 1.54) is 11.3 Å². The minimum atomic E-state index is 0.398. The van der Waals surface area contributed by atoms with E-state index in [0.29, 0.717) is 18.4 Å². The summed E-state index contributed by atoms with van der Waals surface area (Å²) >= 11 is 0. The van der Waals surface area contributed by atoms with Crippen LogP contribution in [0.3, 0.4) is 0 Å². The van der Waals surface area contributed by atoms with E-state index in [2.05, 4.69) is 51.7 Å². The topological polar surface area (TPSA) is 58.1 Å². The molecule has 0 saturated carbocycles. The van der Waals surface area contributed by atoms with Crippen molar-refractivity contribution in [3.8, 4) is 5.75 Å². The first-order valence-corrected chi connectivity index (χ1v) is 11.1. The summed E-state index contributed by atoms with van der Waals surface area (Å²) in [6.45, 7) is 7.37. The Balaban J connectivity index is 1.35. The monoisotopic (exact) mass is 424 g/mol. The molecule has 3 rings (SSSR count). The van der Waals surface area contributed by atoms with Gasteiger partial charge in [-0.15, -0.1) is 0 Å². The molecule has 2 N–H and O–H groups in total. The van der Waals surface area contributed by atoms with Gasteiger partial charge >= 0.3 is 0 Å². The smallest absolute Gasteiger partial charge is 0.190 e. The van der Waals surface area contributed by atoms with Crippen molar-refractivity contribution in [2.45, 2.75) is 20.0 Å². The Bertz CT molecular complexity index is 812. The number of nitrogens with zero attached hydrogens (tertiary/aromatic N) is 2. The zero-order valence-electron chi connectivity index (χ0n) is 19.0. The summed E-state index contributed by atoms with van der Waals surface area (Å²) in [5.74, 6) is 2.77. The summed E-state index contributed by atoms with van der Waals surface area (Å²) < 4.78 is 11.4. The molecule has 6 heteroatoms. The molecule has 2 aromatic carbocycles. The highest BCUT2D eigenvalue weighted by atomic mass is 16.5. The third-order valence-corrected chi connectivity index (χ3v) is 5.63. The maximum atomic E-state index is 5.85. The largest absolute Gasteiger partial charge is 0.495 e. The van der Waals surface area contributed by atoms with Crippen LogP contribution in [0.15, 0.2) is 59.6 Å². The zero-order chi connectivity index (χ0) is 21.9. The first-order chi connectivity index (χ1) is 15.2. The Hall–Kier alpha value is -2.73. The number of aliphatic imine (C=N–C) groups is 1. The number of nitrogens with one attached hydrogen (secondary N) is 2. The van der Waals surface area contributed by atoms with Crippen LogP contribution in [0.1, 0.15) is 18.9 Å². The molecular weight excluding hydrogens is 388 g/mol. The van der Waals surface area contributed by atoms with E-state index in [4.69, 9.17) is 9.47 Å². The van der Waals surface area contributed by atoms with Gasteiger partial charge in [0.15, 0.2) is 5.96 Å². The zero-order valence-corrected chi connectivity index (χ0v) is 19.0. The van der Waals surface area contributed by atoms with E-state index >= 15 is 0 Å². The van der Waals surface area contributed by atoms with Crippen molar-refractivity contribution in [2.24, 2.45) is 16.8 Å². The van der Waals surface area contributed by atoms with E-state index in [1.54, 1.807) is 7.11 Å². The molecule has 0 radical (unpaired) electrons. The first-order valence-electron chi connectivity index (χ1n) is 11.1. The van der Waals surface area contributed by atoms with Gasteiger partial charge in [-0.2, -0.15) is 0 Å². The molecule has 1 heterocycles. The van der Waals surface area contributed by atoms with Crippen LogP contribution in [0.25, 0.3) is 0 Å². The second-order valence-corrected chi connectivity index (χ2v) is 8.21. The van der Waals surface area contributed by atoms with Crippen LogP contribution in [0.5, 0.6) is 5.75 Å². The first kappa shape index (κ1) is 22.9. The van der Waals surface area contributed by atoms with Crippen molar-refractivity contribution in [3.63, 3.8) is 0 Å². The van der Waals surface area contributed by atoms with Crippen molar-refractivity contribution >= 4 is 11.6 Å². The molecule has 0 amide bonds. The molecule has 2 unspecified atom stereocenters. The van der Waals surface area contributed by atoms with Gasteiger partial charge in [0, 0.05) is 33.2 Å². The number of methoxy groups -OCH3 is 1. The number of guanidine groups is 1. The van der Waals surface area contributed by atoms with E-state index in [9.17, 15) is 0 Å². The number of anilines is 1. The molecule has 168 valence electrons. The van der Waals surface area contributed by atoms with Gasteiger partial charge in [-0.25, -0.2) is 0 Å². The maximum absolute atomic E-state index is 5.85. The third kappa shape index (κ3) is 7.17. The molecule has 1 fully saturated rings. The molecule has 0 bridgehead atoms. The normalized spacial score (nSPS) is 17.5. The summed E-state index contributed by atoms with van der Waals surface area (Å²) in [6, 6.07) is 18.5.